The highest BCUT2D eigenvalue weighted by Crippen LogP contribution is 2.42. The molecule has 9 nitrogen and oxygen atoms in total. The summed E-state index contributed by atoms with van der Waals surface area (Å²) >= 11 is 0. The molecule has 0 bridgehead atoms. The van der Waals surface area contributed by atoms with Gasteiger partial charge in [0, 0.05) is 23.4 Å². The molecule has 1 aliphatic heterocycles. The number of rotatable bonds is 7. The highest BCUT2D eigenvalue weighted by atomic mass is 16.6. The van der Waals surface area contributed by atoms with E-state index in [1.807, 2.05) is 0 Å². The molecule has 3 aromatic rings. The molecule has 0 saturated carbocycles. The fourth-order valence-corrected chi connectivity index (χ4v) is 4.12. The lowest BCUT2D eigenvalue weighted by Gasteiger charge is -2.25. The third-order valence-electron chi connectivity index (χ3n) is 5.76. The molecule has 1 atom stereocenters. The van der Waals surface area contributed by atoms with Crippen molar-refractivity contribution in [2.45, 2.75) is 19.4 Å². The molecule has 0 radical (unpaired) electrons. The Kier molecular flexibility index (Phi) is 6.91. The smallest absolute Gasteiger partial charge is 0.310 e. The summed E-state index contributed by atoms with van der Waals surface area (Å²) in [5, 5.41) is 22.3. The van der Waals surface area contributed by atoms with Crippen LogP contribution >= 0.6 is 0 Å². The monoisotopic (exact) mass is 486 g/mol. The van der Waals surface area contributed by atoms with Crippen molar-refractivity contribution in [1.82, 2.24) is 0 Å². The zero-order chi connectivity index (χ0) is 25.8. The number of Topliss-reactive ketones (excluding diaryl/α,β-unsaturated/α-hetero) is 1. The van der Waals surface area contributed by atoms with Crippen molar-refractivity contribution in [2.24, 2.45) is 0 Å². The molecule has 1 aliphatic rings. The maximum absolute atomic E-state index is 13.2. The summed E-state index contributed by atoms with van der Waals surface area (Å²) < 4.78 is 4.96. The van der Waals surface area contributed by atoms with Gasteiger partial charge in [0.2, 0.25) is 0 Å². The number of anilines is 1. The molecule has 1 unspecified atom stereocenters. The Morgan fingerprint density at radius 1 is 1.03 bits per heavy atom. The van der Waals surface area contributed by atoms with Crippen LogP contribution in [0.4, 0.5) is 11.4 Å². The molecule has 0 aliphatic carbocycles. The summed E-state index contributed by atoms with van der Waals surface area (Å²) in [6, 6.07) is 19.5. The normalized spacial score (nSPS) is 16.7. The Labute approximate surface area is 206 Å². The Balaban J connectivity index is 1.81. The van der Waals surface area contributed by atoms with Crippen LogP contribution in [-0.4, -0.2) is 34.3 Å². The zero-order valence-corrected chi connectivity index (χ0v) is 19.3. The minimum absolute atomic E-state index is 0.0490. The molecule has 0 aromatic heterocycles. The first-order valence-electron chi connectivity index (χ1n) is 11.2. The topological polar surface area (TPSA) is 127 Å². The van der Waals surface area contributed by atoms with Crippen molar-refractivity contribution >= 4 is 34.8 Å². The van der Waals surface area contributed by atoms with Crippen molar-refractivity contribution in [3.8, 4) is 0 Å². The van der Waals surface area contributed by atoms with Gasteiger partial charge in [-0.3, -0.25) is 29.4 Å². The molecule has 3 aromatic carbocycles. The molecule has 9 heteroatoms. The number of benzene rings is 3. The average molecular weight is 486 g/mol. The van der Waals surface area contributed by atoms with Crippen molar-refractivity contribution in [1.29, 1.82) is 0 Å². The molecule has 182 valence electrons. The van der Waals surface area contributed by atoms with Crippen LogP contribution in [0.2, 0.25) is 0 Å². The highest BCUT2D eigenvalue weighted by molar-refractivity contribution is 6.51. The summed E-state index contributed by atoms with van der Waals surface area (Å²) in [6.45, 7) is 1.98. The van der Waals surface area contributed by atoms with E-state index in [2.05, 4.69) is 0 Å². The van der Waals surface area contributed by atoms with E-state index in [4.69, 9.17) is 4.74 Å². The van der Waals surface area contributed by atoms with Gasteiger partial charge in [0.05, 0.1) is 29.6 Å². The molecule has 36 heavy (non-hydrogen) atoms. The second-order valence-electron chi connectivity index (χ2n) is 8.04. The number of esters is 1. The second-order valence-corrected chi connectivity index (χ2v) is 8.04. The van der Waals surface area contributed by atoms with Gasteiger partial charge in [-0.1, -0.05) is 54.6 Å². The molecule has 1 heterocycles. The third kappa shape index (κ3) is 4.72. The number of carbonyl (C=O) groups is 3. The van der Waals surface area contributed by atoms with E-state index < -0.39 is 28.4 Å². The van der Waals surface area contributed by atoms with E-state index in [9.17, 15) is 29.6 Å². The van der Waals surface area contributed by atoms with Gasteiger partial charge >= 0.3 is 5.97 Å². The summed E-state index contributed by atoms with van der Waals surface area (Å²) in [5.41, 5.74) is 1.23. The number of nitro benzene ring substituents is 1. The minimum Gasteiger partial charge on any atom is -0.507 e. The van der Waals surface area contributed by atoms with Crippen LogP contribution in [0.1, 0.15) is 29.7 Å². The molecule has 1 N–H and O–H groups in total. The number of carbonyl (C=O) groups excluding carboxylic acids is 3. The maximum atomic E-state index is 13.2. The number of aliphatic hydroxyl groups is 1. The number of non-ortho nitro benzene ring substituents is 1. The van der Waals surface area contributed by atoms with Gasteiger partial charge in [-0.2, -0.15) is 0 Å². The van der Waals surface area contributed by atoms with Crippen molar-refractivity contribution in [2.75, 3.05) is 11.5 Å². The second kappa shape index (κ2) is 10.2. The number of aliphatic hydroxyl groups excluding tert-OH is 1. The van der Waals surface area contributed by atoms with Crippen LogP contribution in [0.5, 0.6) is 0 Å². The van der Waals surface area contributed by atoms with E-state index in [1.165, 1.54) is 23.1 Å². The lowest BCUT2D eigenvalue weighted by atomic mass is 9.95. The van der Waals surface area contributed by atoms with Crippen LogP contribution < -0.4 is 4.90 Å². The first-order valence-corrected chi connectivity index (χ1v) is 11.2. The molecule has 1 amide bonds. The van der Waals surface area contributed by atoms with Crippen LogP contribution in [-0.2, 0) is 25.5 Å². The number of nitro groups is 1. The van der Waals surface area contributed by atoms with Gasteiger partial charge in [-0.15, -0.1) is 0 Å². The van der Waals surface area contributed by atoms with E-state index in [0.717, 1.165) is 6.07 Å². The summed E-state index contributed by atoms with van der Waals surface area (Å²) in [7, 11) is 0. The highest BCUT2D eigenvalue weighted by Gasteiger charge is 2.47. The van der Waals surface area contributed by atoms with Crippen LogP contribution in [0.25, 0.3) is 5.76 Å². The van der Waals surface area contributed by atoms with Gasteiger partial charge < -0.3 is 9.84 Å². The predicted molar refractivity (Wildman–Crippen MR) is 131 cm³/mol. The number of hydrogen-bond donors (Lipinski definition) is 1. The molecule has 0 spiro atoms. The van der Waals surface area contributed by atoms with Crippen molar-refractivity contribution in [3.63, 3.8) is 0 Å². The summed E-state index contributed by atoms with van der Waals surface area (Å²) in [6.07, 6.45) is 0.0574. The van der Waals surface area contributed by atoms with Gasteiger partial charge in [0.1, 0.15) is 5.76 Å². The molecular formula is C27H22N2O7. The zero-order valence-electron chi connectivity index (χ0n) is 19.3. The lowest BCUT2D eigenvalue weighted by molar-refractivity contribution is -0.384. The van der Waals surface area contributed by atoms with E-state index >= 15 is 0 Å². The van der Waals surface area contributed by atoms with Gasteiger partial charge in [-0.25, -0.2) is 0 Å². The van der Waals surface area contributed by atoms with Crippen LogP contribution in [0.3, 0.4) is 0 Å². The minimum atomic E-state index is -0.971. The fourth-order valence-electron chi connectivity index (χ4n) is 4.12. The quantitative estimate of drug-likeness (QED) is 0.132. The van der Waals surface area contributed by atoms with E-state index in [0.29, 0.717) is 16.8 Å². The third-order valence-corrected chi connectivity index (χ3v) is 5.76. The average Bonchev–Trinajstić information content (AvgIpc) is 3.15. The number of amides is 1. The van der Waals surface area contributed by atoms with E-state index in [-0.39, 0.29) is 35.8 Å². The SMILES string of the molecule is CCOC(=O)Cc1ccc(N2C(=O)C(=O)/C(=C(\O)c3cccc([N+](=O)[O-])c3)C2c2ccccc2)cc1. The lowest BCUT2D eigenvalue weighted by Crippen LogP contribution is -2.29. The van der Waals surface area contributed by atoms with Crippen LogP contribution in [0.15, 0.2) is 84.4 Å². The first kappa shape index (κ1) is 24.3. The molecule has 1 saturated heterocycles. The van der Waals surface area contributed by atoms with E-state index in [1.54, 1.807) is 61.5 Å². The number of hydrogen-bond acceptors (Lipinski definition) is 7. The molecule has 4 rings (SSSR count). The van der Waals surface area contributed by atoms with Gasteiger partial charge in [-0.05, 0) is 30.2 Å². The van der Waals surface area contributed by atoms with Gasteiger partial charge in [0.25, 0.3) is 17.4 Å². The summed E-state index contributed by atoms with van der Waals surface area (Å²) in [4.78, 5) is 50.1. The Hall–Kier alpha value is -4.79. The van der Waals surface area contributed by atoms with Gasteiger partial charge in [0.15, 0.2) is 0 Å². The number of ketones is 1. The Bertz CT molecular complexity index is 1360. The molecular weight excluding hydrogens is 464 g/mol. The number of nitrogens with zero attached hydrogens (tertiary/aromatic N) is 2. The first-order chi connectivity index (χ1) is 17.3. The predicted octanol–water partition coefficient (Wildman–Crippen LogP) is 4.33. The summed E-state index contributed by atoms with van der Waals surface area (Å²) in [5.74, 6) is -2.66. The standard InChI is InChI=1S/C27H22N2O7/c1-2-36-22(30)15-17-11-13-20(14-12-17)28-24(18-7-4-3-5-8-18)23(26(32)27(28)33)25(31)19-9-6-10-21(16-19)29(34)35/h3-14,16,24,31H,2,15H2,1H3/b25-23-. The van der Waals surface area contributed by atoms with Crippen LogP contribution in [0, 0.1) is 10.1 Å². The molecule has 1 fully saturated rings. The fraction of sp³-hybridized carbons (Fsp3) is 0.148. The van der Waals surface area contributed by atoms with Crippen molar-refractivity contribution in [3.05, 3.63) is 111 Å². The Morgan fingerprint density at radius 3 is 2.36 bits per heavy atom. The Morgan fingerprint density at radius 2 is 1.72 bits per heavy atom. The number of ether oxygens (including phenoxy) is 1. The largest absolute Gasteiger partial charge is 0.507 e. The van der Waals surface area contributed by atoms with Crippen molar-refractivity contribution < 1.29 is 29.2 Å². The maximum Gasteiger partial charge on any atom is 0.310 e.